The Morgan fingerprint density at radius 3 is 2.67 bits per heavy atom. The number of anilines is 1. The van der Waals surface area contributed by atoms with Crippen LogP contribution in [0, 0.1) is 0 Å². The molecule has 1 aromatic heterocycles. The second kappa shape index (κ2) is 6.80. The van der Waals surface area contributed by atoms with Gasteiger partial charge in [0.25, 0.3) is 0 Å². The Balaban J connectivity index is 1.88. The molecule has 0 spiro atoms. The summed E-state index contributed by atoms with van der Waals surface area (Å²) in [5.41, 5.74) is 1.30. The van der Waals surface area contributed by atoms with Crippen LogP contribution in [0.1, 0.15) is 16.9 Å². The van der Waals surface area contributed by atoms with Crippen LogP contribution in [0.15, 0.2) is 45.9 Å². The van der Waals surface area contributed by atoms with Crippen molar-refractivity contribution in [1.29, 1.82) is 0 Å². The van der Waals surface area contributed by atoms with E-state index in [-0.39, 0.29) is 22.7 Å². The SMILES string of the molecule is O=C(NC1=C(O)CC(=S(=O)=O)c2ccsc21)Nc1ccccc1Br. The van der Waals surface area contributed by atoms with E-state index < -0.39 is 16.3 Å². The number of hydrogen-bond acceptors (Lipinski definition) is 5. The highest BCUT2D eigenvalue weighted by molar-refractivity contribution is 9.10. The molecule has 0 unspecified atom stereocenters. The number of halogens is 1. The molecule has 0 atom stereocenters. The summed E-state index contributed by atoms with van der Waals surface area (Å²) >= 11 is 4.58. The van der Waals surface area contributed by atoms with Gasteiger partial charge in [0.15, 0.2) is 0 Å². The van der Waals surface area contributed by atoms with Crippen LogP contribution in [0.5, 0.6) is 0 Å². The number of urea groups is 1. The number of hydrogen-bond donors (Lipinski definition) is 3. The summed E-state index contributed by atoms with van der Waals surface area (Å²) in [6.45, 7) is 0. The molecular formula is C15H11BrN2O4S2. The van der Waals surface area contributed by atoms with Crippen LogP contribution in [-0.2, 0) is 10.3 Å². The van der Waals surface area contributed by atoms with Crippen molar-refractivity contribution in [2.24, 2.45) is 0 Å². The molecule has 2 aromatic rings. The number of carbonyl (C=O) groups excluding carboxylic acids is 1. The summed E-state index contributed by atoms with van der Waals surface area (Å²) in [4.78, 5) is 12.8. The molecule has 1 heterocycles. The van der Waals surface area contributed by atoms with Crippen LogP contribution in [-0.4, -0.2) is 24.4 Å². The molecule has 0 bridgehead atoms. The van der Waals surface area contributed by atoms with E-state index >= 15 is 0 Å². The van der Waals surface area contributed by atoms with E-state index in [1.54, 1.807) is 29.6 Å². The van der Waals surface area contributed by atoms with Gasteiger partial charge in [0, 0.05) is 16.5 Å². The largest absolute Gasteiger partial charge is 0.510 e. The zero-order valence-electron chi connectivity index (χ0n) is 12.0. The lowest BCUT2D eigenvalue weighted by Crippen LogP contribution is -2.30. The van der Waals surface area contributed by atoms with Crippen molar-refractivity contribution in [2.75, 3.05) is 5.32 Å². The normalized spacial score (nSPS) is 13.5. The third kappa shape index (κ3) is 3.23. The van der Waals surface area contributed by atoms with Crippen molar-refractivity contribution in [3.63, 3.8) is 0 Å². The number of fused-ring (bicyclic) bond motifs is 1. The van der Waals surface area contributed by atoms with Gasteiger partial charge >= 0.3 is 6.03 Å². The first-order valence-corrected chi connectivity index (χ1v) is 9.50. The van der Waals surface area contributed by atoms with Gasteiger partial charge < -0.3 is 15.7 Å². The van der Waals surface area contributed by atoms with Gasteiger partial charge in [-0.15, -0.1) is 11.3 Å². The van der Waals surface area contributed by atoms with Gasteiger partial charge in [-0.1, -0.05) is 12.1 Å². The Morgan fingerprint density at radius 1 is 1.21 bits per heavy atom. The summed E-state index contributed by atoms with van der Waals surface area (Å²) in [6, 6.07) is 8.23. The number of aliphatic hydroxyl groups excluding tert-OH is 1. The summed E-state index contributed by atoms with van der Waals surface area (Å²) in [6.07, 6.45) is -0.148. The maximum absolute atomic E-state index is 12.2. The highest BCUT2D eigenvalue weighted by Gasteiger charge is 2.27. The number of benzene rings is 1. The Hall–Kier alpha value is -2.10. The predicted octanol–water partition coefficient (Wildman–Crippen LogP) is 3.36. The number of allylic oxidation sites excluding steroid dienone is 1. The topological polar surface area (TPSA) is 95.5 Å². The van der Waals surface area contributed by atoms with Crippen LogP contribution in [0.4, 0.5) is 10.5 Å². The summed E-state index contributed by atoms with van der Waals surface area (Å²) in [7, 11) is -2.43. The van der Waals surface area contributed by atoms with Crippen molar-refractivity contribution in [3.8, 4) is 0 Å². The van der Waals surface area contributed by atoms with Gasteiger partial charge in [-0.25, -0.2) is 4.79 Å². The fourth-order valence-electron chi connectivity index (χ4n) is 2.30. The van der Waals surface area contributed by atoms with E-state index in [0.29, 0.717) is 16.1 Å². The fourth-order valence-corrected chi connectivity index (χ4v) is 4.29. The first-order chi connectivity index (χ1) is 11.5. The molecule has 0 saturated carbocycles. The highest BCUT2D eigenvalue weighted by Crippen LogP contribution is 2.33. The zero-order valence-corrected chi connectivity index (χ0v) is 15.3. The Kier molecular flexibility index (Phi) is 4.74. The molecule has 24 heavy (non-hydrogen) atoms. The molecule has 1 aliphatic rings. The molecule has 0 aliphatic heterocycles. The van der Waals surface area contributed by atoms with E-state index in [1.165, 1.54) is 11.3 Å². The van der Waals surface area contributed by atoms with E-state index in [2.05, 4.69) is 26.6 Å². The standard InChI is InChI=1S/C15H11BrN2O4S2/c16-9-3-1-2-4-10(9)17-15(20)18-13-11(19)7-12(24(21)22)8-5-6-23-14(8)13/h1-6,19H,7H2,(H2,17,18,20). The van der Waals surface area contributed by atoms with E-state index in [9.17, 15) is 18.3 Å². The van der Waals surface area contributed by atoms with Gasteiger partial charge in [-0.2, -0.15) is 8.42 Å². The lowest BCUT2D eigenvalue weighted by molar-refractivity contribution is 0.255. The van der Waals surface area contributed by atoms with Crippen molar-refractivity contribution in [3.05, 3.63) is 56.4 Å². The number of amides is 2. The molecule has 1 aliphatic carbocycles. The van der Waals surface area contributed by atoms with E-state index in [0.717, 1.165) is 4.47 Å². The quantitative estimate of drug-likeness (QED) is 0.641. The Morgan fingerprint density at radius 2 is 1.96 bits per heavy atom. The highest BCUT2D eigenvalue weighted by atomic mass is 79.9. The number of rotatable bonds is 2. The minimum absolute atomic E-state index is 0.112. The first-order valence-electron chi connectivity index (χ1n) is 6.75. The fraction of sp³-hybridized carbons (Fsp3) is 0.0667. The minimum atomic E-state index is -2.43. The molecule has 2 amide bonds. The minimum Gasteiger partial charge on any atom is -0.510 e. The van der Waals surface area contributed by atoms with Crippen LogP contribution in [0.3, 0.4) is 0 Å². The average Bonchev–Trinajstić information content (AvgIpc) is 3.01. The maximum atomic E-state index is 12.2. The Bertz CT molecular complexity index is 984. The summed E-state index contributed by atoms with van der Waals surface area (Å²) in [5.74, 6) is -0.188. The van der Waals surface area contributed by atoms with Gasteiger partial charge in [0.1, 0.15) is 5.76 Å². The number of thiophene rings is 1. The summed E-state index contributed by atoms with van der Waals surface area (Å²) < 4.78 is 23.3. The second-order valence-corrected chi connectivity index (χ2v) is 7.61. The molecule has 6 nitrogen and oxygen atoms in total. The second-order valence-electron chi connectivity index (χ2n) is 4.88. The molecular weight excluding hydrogens is 416 g/mol. The number of nitrogens with one attached hydrogen (secondary N) is 2. The third-order valence-corrected chi connectivity index (χ3v) is 5.76. The Labute approximate surface area is 151 Å². The lowest BCUT2D eigenvalue weighted by Gasteiger charge is -2.18. The van der Waals surface area contributed by atoms with Crippen molar-refractivity contribution in [2.45, 2.75) is 6.42 Å². The average molecular weight is 427 g/mol. The predicted molar refractivity (Wildman–Crippen MR) is 97.8 cm³/mol. The third-order valence-electron chi connectivity index (χ3n) is 3.37. The van der Waals surface area contributed by atoms with Crippen LogP contribution >= 0.6 is 27.3 Å². The van der Waals surface area contributed by atoms with Crippen molar-refractivity contribution >= 4 is 59.8 Å². The van der Waals surface area contributed by atoms with E-state index in [1.807, 2.05) is 6.07 Å². The molecule has 3 rings (SSSR count). The van der Waals surface area contributed by atoms with Gasteiger partial charge in [-0.3, -0.25) is 0 Å². The van der Waals surface area contributed by atoms with E-state index in [4.69, 9.17) is 0 Å². The molecule has 124 valence electrons. The molecule has 0 radical (unpaired) electrons. The number of carbonyl (C=O) groups is 1. The van der Waals surface area contributed by atoms with Gasteiger partial charge in [0.2, 0.25) is 10.3 Å². The monoisotopic (exact) mass is 426 g/mol. The number of aliphatic hydroxyl groups is 1. The first kappa shape index (κ1) is 16.7. The van der Waals surface area contributed by atoms with Crippen molar-refractivity contribution in [1.82, 2.24) is 5.32 Å². The molecule has 1 aromatic carbocycles. The molecule has 0 saturated heterocycles. The smallest absolute Gasteiger partial charge is 0.323 e. The zero-order chi connectivity index (χ0) is 17.3. The molecule has 3 N–H and O–H groups in total. The van der Waals surface area contributed by atoms with Gasteiger partial charge in [-0.05, 0) is 39.5 Å². The van der Waals surface area contributed by atoms with Crippen LogP contribution < -0.4 is 10.6 Å². The molecule has 9 heteroatoms. The maximum Gasteiger partial charge on any atom is 0.323 e. The van der Waals surface area contributed by atoms with Crippen molar-refractivity contribution < 1.29 is 18.3 Å². The van der Waals surface area contributed by atoms with Gasteiger partial charge in [0.05, 0.1) is 21.1 Å². The van der Waals surface area contributed by atoms with Crippen LogP contribution in [0.25, 0.3) is 5.70 Å². The lowest BCUT2D eigenvalue weighted by atomic mass is 10.0. The van der Waals surface area contributed by atoms with Crippen LogP contribution in [0.2, 0.25) is 0 Å². The summed E-state index contributed by atoms with van der Waals surface area (Å²) in [5, 5.41) is 17.1. The number of para-hydroxylation sites is 1. The molecule has 0 fully saturated rings.